The van der Waals surface area contributed by atoms with Gasteiger partial charge in [0.15, 0.2) is 0 Å². The molecule has 0 aliphatic rings. The molecule has 10 heteroatoms. The predicted octanol–water partition coefficient (Wildman–Crippen LogP) is 3.11. The maximum absolute atomic E-state index is 12.3. The molecule has 0 aliphatic heterocycles. The second-order valence-corrected chi connectivity index (χ2v) is 8.61. The lowest BCUT2D eigenvalue weighted by molar-refractivity contribution is -0.0441. The Hall–Kier alpha value is -1.13. The molecule has 1 aromatic rings. The van der Waals surface area contributed by atoms with E-state index in [1.807, 2.05) is 13.8 Å². The highest BCUT2D eigenvalue weighted by Gasteiger charge is 2.48. The fraction of sp³-hybridized carbons (Fsp3) is 0.538. The number of benzene rings is 1. The molecular weight excluding hydrogens is 355 g/mol. The topological polar surface area (TPSA) is 80.3 Å². The highest BCUT2D eigenvalue weighted by Crippen LogP contribution is 2.27. The van der Waals surface area contributed by atoms with Crippen LogP contribution in [0.4, 0.5) is 13.2 Å². The summed E-state index contributed by atoms with van der Waals surface area (Å²) in [5, 5.41) is 0. The van der Waals surface area contributed by atoms with E-state index in [9.17, 15) is 30.0 Å². The molecule has 1 unspecified atom stereocenters. The largest absolute Gasteiger partial charge is 0.512 e. The van der Waals surface area contributed by atoms with E-state index in [0.29, 0.717) is 4.13 Å². The quantitative estimate of drug-likeness (QED) is 0.796. The van der Waals surface area contributed by atoms with Gasteiger partial charge in [-0.05, 0) is 36.5 Å². The van der Waals surface area contributed by atoms with Gasteiger partial charge in [-0.25, -0.2) is 16.8 Å². The zero-order valence-corrected chi connectivity index (χ0v) is 14.2. The van der Waals surface area contributed by atoms with Gasteiger partial charge in [0.1, 0.15) is 0 Å². The highest BCUT2D eigenvalue weighted by molar-refractivity contribution is 8.05. The molecule has 1 rings (SSSR count). The lowest BCUT2D eigenvalue weighted by atomic mass is 9.92. The van der Waals surface area contributed by atoms with Crippen LogP contribution in [-0.2, 0) is 20.0 Å². The third-order valence-corrected chi connectivity index (χ3v) is 6.57. The van der Waals surface area contributed by atoms with Gasteiger partial charge < -0.3 is 0 Å². The van der Waals surface area contributed by atoms with Gasteiger partial charge in [-0.2, -0.15) is 13.2 Å². The Kier molecular flexibility index (Phi) is 6.22. The summed E-state index contributed by atoms with van der Waals surface area (Å²) in [6.45, 7) is 3.98. The minimum absolute atomic E-state index is 0.212. The van der Waals surface area contributed by atoms with E-state index in [1.165, 1.54) is 12.1 Å². The smallest absolute Gasteiger partial charge is 0.206 e. The number of hydrogen-bond acceptors (Lipinski definition) is 4. The van der Waals surface area contributed by atoms with Crippen molar-refractivity contribution in [3.63, 3.8) is 0 Å². The van der Waals surface area contributed by atoms with E-state index in [-0.39, 0.29) is 5.92 Å². The fourth-order valence-electron chi connectivity index (χ4n) is 2.11. The predicted molar refractivity (Wildman–Crippen MR) is 79.7 cm³/mol. The standard InChI is InChI=1S/C13H18F3NO4S2/c1-3-5-10(4-2)11-6-8-12(9-7-11)22(18,19)17-23(20,21)13(14,15)16/h6-10,17H,3-5H2,1-2H3. The van der Waals surface area contributed by atoms with Crippen molar-refractivity contribution in [3.05, 3.63) is 29.8 Å². The molecule has 0 heterocycles. The highest BCUT2D eigenvalue weighted by atomic mass is 32.3. The fourth-order valence-corrected chi connectivity index (χ4v) is 4.53. The Morgan fingerprint density at radius 3 is 1.96 bits per heavy atom. The Balaban J connectivity index is 3.08. The first kappa shape index (κ1) is 19.9. The minimum atomic E-state index is -5.98. The molecule has 1 atom stereocenters. The normalized spacial score (nSPS) is 14.7. The van der Waals surface area contributed by atoms with Crippen molar-refractivity contribution in [2.24, 2.45) is 0 Å². The van der Waals surface area contributed by atoms with Gasteiger partial charge >= 0.3 is 15.5 Å². The summed E-state index contributed by atoms with van der Waals surface area (Å²) in [4.78, 5) is -0.541. The Labute approximate surface area is 134 Å². The van der Waals surface area contributed by atoms with Crippen molar-refractivity contribution in [3.8, 4) is 0 Å². The molecule has 0 aromatic heterocycles. The van der Waals surface area contributed by atoms with Gasteiger partial charge in [0, 0.05) is 0 Å². The molecule has 0 aliphatic carbocycles. The van der Waals surface area contributed by atoms with E-state index in [1.54, 1.807) is 0 Å². The maximum Gasteiger partial charge on any atom is 0.512 e. The molecular formula is C13H18F3NO4S2. The van der Waals surface area contributed by atoms with Crippen molar-refractivity contribution in [2.75, 3.05) is 0 Å². The Bertz CT molecular complexity index is 725. The van der Waals surface area contributed by atoms with Crippen LogP contribution in [0.25, 0.3) is 0 Å². The summed E-state index contributed by atoms with van der Waals surface area (Å²) in [6.07, 6.45) is 2.66. The molecule has 132 valence electrons. The van der Waals surface area contributed by atoms with E-state index >= 15 is 0 Å². The van der Waals surface area contributed by atoms with Gasteiger partial charge in [-0.3, -0.25) is 0 Å². The first-order chi connectivity index (χ1) is 10.4. The lowest BCUT2D eigenvalue weighted by Crippen LogP contribution is -2.40. The van der Waals surface area contributed by atoms with Gasteiger partial charge in [0.2, 0.25) is 0 Å². The molecule has 5 nitrogen and oxygen atoms in total. The number of sulfonamides is 2. The first-order valence-corrected chi connectivity index (χ1v) is 9.86. The van der Waals surface area contributed by atoms with Crippen LogP contribution in [0.15, 0.2) is 29.2 Å². The van der Waals surface area contributed by atoms with E-state index in [2.05, 4.69) is 0 Å². The monoisotopic (exact) mass is 373 g/mol. The van der Waals surface area contributed by atoms with Crippen LogP contribution >= 0.6 is 0 Å². The number of halogens is 3. The van der Waals surface area contributed by atoms with Crippen LogP contribution in [0.1, 0.15) is 44.6 Å². The molecule has 0 radical (unpaired) electrons. The molecule has 0 amide bonds. The van der Waals surface area contributed by atoms with E-state index < -0.39 is 30.5 Å². The third-order valence-electron chi connectivity index (χ3n) is 3.32. The molecule has 0 saturated carbocycles. The summed E-state index contributed by atoms with van der Waals surface area (Å²) in [5.41, 5.74) is -4.85. The molecule has 0 fully saturated rings. The summed E-state index contributed by atoms with van der Waals surface area (Å²) < 4.78 is 82.9. The van der Waals surface area contributed by atoms with E-state index in [4.69, 9.17) is 0 Å². The summed E-state index contributed by atoms with van der Waals surface area (Å²) in [7, 11) is -10.8. The second-order valence-electron chi connectivity index (χ2n) is 5.00. The summed E-state index contributed by atoms with van der Waals surface area (Å²) in [5.74, 6) is 0.212. The maximum atomic E-state index is 12.3. The van der Waals surface area contributed by atoms with Crippen LogP contribution in [0.3, 0.4) is 0 Å². The molecule has 1 N–H and O–H groups in total. The van der Waals surface area contributed by atoms with Crippen molar-refractivity contribution < 1.29 is 30.0 Å². The van der Waals surface area contributed by atoms with Crippen LogP contribution in [0, 0.1) is 0 Å². The Morgan fingerprint density at radius 2 is 1.57 bits per heavy atom. The SMILES string of the molecule is CCCC(CC)c1ccc(S(=O)(=O)NS(=O)(=O)C(F)(F)F)cc1. The molecule has 23 heavy (non-hydrogen) atoms. The summed E-state index contributed by atoms with van der Waals surface area (Å²) in [6, 6.07) is 5.17. The summed E-state index contributed by atoms with van der Waals surface area (Å²) >= 11 is 0. The van der Waals surface area contributed by atoms with Crippen molar-refractivity contribution in [1.29, 1.82) is 0 Å². The van der Waals surface area contributed by atoms with Crippen molar-refractivity contribution in [1.82, 2.24) is 4.13 Å². The number of hydrogen-bond donors (Lipinski definition) is 1. The number of alkyl halides is 3. The third kappa shape index (κ3) is 4.92. The molecule has 0 bridgehead atoms. The van der Waals surface area contributed by atoms with Crippen molar-refractivity contribution in [2.45, 2.75) is 49.4 Å². The number of rotatable bonds is 7. The van der Waals surface area contributed by atoms with Crippen LogP contribution < -0.4 is 4.13 Å². The van der Waals surface area contributed by atoms with Gasteiger partial charge in [0.05, 0.1) is 4.90 Å². The zero-order valence-electron chi connectivity index (χ0n) is 12.6. The molecule has 0 saturated heterocycles. The van der Waals surface area contributed by atoms with E-state index in [0.717, 1.165) is 37.0 Å². The zero-order chi connectivity index (χ0) is 17.9. The van der Waals surface area contributed by atoms with Crippen LogP contribution in [0.5, 0.6) is 0 Å². The average Bonchev–Trinajstić information content (AvgIpc) is 2.42. The average molecular weight is 373 g/mol. The van der Waals surface area contributed by atoms with Gasteiger partial charge in [-0.1, -0.05) is 36.5 Å². The lowest BCUT2D eigenvalue weighted by Gasteiger charge is -2.15. The Morgan fingerprint density at radius 1 is 1.04 bits per heavy atom. The van der Waals surface area contributed by atoms with Crippen LogP contribution in [0.2, 0.25) is 0 Å². The van der Waals surface area contributed by atoms with Gasteiger partial charge in [0.25, 0.3) is 10.0 Å². The molecule has 1 aromatic carbocycles. The van der Waals surface area contributed by atoms with Crippen molar-refractivity contribution >= 4 is 20.0 Å². The first-order valence-electron chi connectivity index (χ1n) is 6.89. The number of nitrogens with one attached hydrogen (secondary N) is 1. The molecule has 0 spiro atoms. The second kappa shape index (κ2) is 7.18. The minimum Gasteiger partial charge on any atom is -0.206 e. The van der Waals surface area contributed by atoms with Crippen LogP contribution in [-0.4, -0.2) is 22.3 Å². The van der Waals surface area contributed by atoms with Gasteiger partial charge in [-0.15, -0.1) is 0 Å².